The van der Waals surface area contributed by atoms with Crippen molar-refractivity contribution in [1.82, 2.24) is 9.61 Å². The van der Waals surface area contributed by atoms with Gasteiger partial charge in [0.2, 0.25) is 0 Å². The lowest BCUT2D eigenvalue weighted by Gasteiger charge is -2.35. The van der Waals surface area contributed by atoms with Crippen LogP contribution in [0.3, 0.4) is 0 Å². The first-order chi connectivity index (χ1) is 40.7. The molecule has 12 aromatic carbocycles. The Hall–Kier alpha value is -10.6. The van der Waals surface area contributed by atoms with E-state index in [0.717, 1.165) is 67.0 Å². The van der Waals surface area contributed by atoms with Crippen molar-refractivity contribution in [3.63, 3.8) is 0 Å². The number of aromatic nitrogens is 2. The van der Waals surface area contributed by atoms with Crippen LogP contribution >= 0.6 is 0 Å². The standard InChI is InChI=1S/C79H51N3/c1-6-25-52(26-7-1)74-51-66-65(77-75(53-27-8-2-9-28-53)76(80-82(74)77)54-29-10-3-11-30-54)39-24-44-73(66)81(57-45-47-63-61-37-16-20-40-67(61)78(71(63)49-57,55-31-12-4-13-32-55)56-33-14-5-15-34-56)58-46-48-64-62-38-19-23-43-70(62)79(72(64)50-58)68-41-21-17-35-59(68)60-36-18-22-42-69(60)79/h1-51H. The van der Waals surface area contributed by atoms with Crippen LogP contribution in [0.5, 0.6) is 0 Å². The molecule has 14 aromatic rings. The van der Waals surface area contributed by atoms with E-state index in [2.05, 4.69) is 319 Å². The fourth-order valence-corrected chi connectivity index (χ4v) is 14.9. The van der Waals surface area contributed by atoms with E-state index in [1.165, 1.54) is 77.9 Å². The molecular formula is C79H51N3. The highest BCUT2D eigenvalue weighted by Crippen LogP contribution is 2.64. The first-order valence-electron chi connectivity index (χ1n) is 28.5. The third-order valence-corrected chi connectivity index (χ3v) is 18.1. The summed E-state index contributed by atoms with van der Waals surface area (Å²) in [7, 11) is 0. The molecule has 0 aliphatic heterocycles. The van der Waals surface area contributed by atoms with Crippen LogP contribution in [0, 0.1) is 0 Å². The molecule has 0 unspecified atom stereocenters. The van der Waals surface area contributed by atoms with Gasteiger partial charge in [-0.3, -0.25) is 0 Å². The molecule has 2 aromatic heterocycles. The van der Waals surface area contributed by atoms with Crippen LogP contribution < -0.4 is 4.90 Å². The van der Waals surface area contributed by atoms with E-state index in [9.17, 15) is 0 Å². The monoisotopic (exact) mass is 1040 g/mol. The quantitative estimate of drug-likeness (QED) is 0.151. The molecule has 0 bridgehead atoms. The predicted molar refractivity (Wildman–Crippen MR) is 337 cm³/mol. The zero-order chi connectivity index (χ0) is 53.9. The maximum atomic E-state index is 5.65. The third-order valence-electron chi connectivity index (χ3n) is 18.1. The number of hydrogen-bond acceptors (Lipinski definition) is 2. The van der Waals surface area contributed by atoms with Crippen molar-refractivity contribution in [3.05, 3.63) is 354 Å². The molecule has 382 valence electrons. The fraction of sp³-hybridized carbons (Fsp3) is 0.0253. The molecule has 0 atom stereocenters. The number of nitrogens with zero attached hydrogens (tertiary/aromatic N) is 3. The Bertz CT molecular complexity index is 4640. The summed E-state index contributed by atoms with van der Waals surface area (Å²) in [6.45, 7) is 0. The highest BCUT2D eigenvalue weighted by atomic mass is 15.2. The van der Waals surface area contributed by atoms with Crippen LogP contribution in [0.25, 0.3) is 83.3 Å². The topological polar surface area (TPSA) is 20.5 Å². The largest absolute Gasteiger partial charge is 0.310 e. The van der Waals surface area contributed by atoms with Gasteiger partial charge in [-0.2, -0.15) is 5.10 Å². The zero-order valence-corrected chi connectivity index (χ0v) is 44.8. The minimum absolute atomic E-state index is 0.544. The minimum atomic E-state index is -0.613. The predicted octanol–water partition coefficient (Wildman–Crippen LogP) is 19.7. The van der Waals surface area contributed by atoms with Gasteiger partial charge in [0.05, 0.1) is 27.7 Å². The van der Waals surface area contributed by atoms with Gasteiger partial charge in [0.1, 0.15) is 5.69 Å². The van der Waals surface area contributed by atoms with Crippen LogP contribution in [0.15, 0.2) is 309 Å². The first-order valence-corrected chi connectivity index (χ1v) is 28.5. The number of pyridine rings is 1. The fourth-order valence-electron chi connectivity index (χ4n) is 14.9. The number of hydrogen-bond donors (Lipinski definition) is 0. The van der Waals surface area contributed by atoms with Crippen molar-refractivity contribution < 1.29 is 0 Å². The lowest BCUT2D eigenvalue weighted by molar-refractivity contribution is 0.768. The van der Waals surface area contributed by atoms with Crippen LogP contribution in [0.1, 0.15) is 44.5 Å². The van der Waals surface area contributed by atoms with E-state index in [0.29, 0.717) is 0 Å². The summed E-state index contributed by atoms with van der Waals surface area (Å²) < 4.78 is 2.21. The Morgan fingerprint density at radius 2 is 0.695 bits per heavy atom. The van der Waals surface area contributed by atoms with Crippen molar-refractivity contribution >= 4 is 33.4 Å². The average molecular weight is 1040 g/mol. The van der Waals surface area contributed by atoms with Crippen LogP contribution in [0.2, 0.25) is 0 Å². The molecular weight excluding hydrogens is 991 g/mol. The molecule has 0 saturated carbocycles. The van der Waals surface area contributed by atoms with Gasteiger partial charge < -0.3 is 4.90 Å². The second-order valence-electron chi connectivity index (χ2n) is 22.1. The molecule has 0 radical (unpaired) electrons. The zero-order valence-electron chi connectivity index (χ0n) is 44.8. The summed E-state index contributed by atoms with van der Waals surface area (Å²) >= 11 is 0. The van der Waals surface area contributed by atoms with Crippen LogP contribution in [-0.2, 0) is 10.8 Å². The average Bonchev–Trinajstić information content (AvgIpc) is 1.89. The Labute approximate surface area is 477 Å². The normalized spacial score (nSPS) is 13.6. The summed E-state index contributed by atoms with van der Waals surface area (Å²) in [6, 6.07) is 115. The molecule has 3 aliphatic carbocycles. The summed E-state index contributed by atoms with van der Waals surface area (Å²) in [4.78, 5) is 2.57. The van der Waals surface area contributed by atoms with Gasteiger partial charge in [0, 0.05) is 38.8 Å². The van der Waals surface area contributed by atoms with Crippen molar-refractivity contribution in [2.75, 3.05) is 4.90 Å². The van der Waals surface area contributed by atoms with E-state index < -0.39 is 10.8 Å². The van der Waals surface area contributed by atoms with Gasteiger partial charge in [-0.05, 0) is 120 Å². The lowest BCUT2D eigenvalue weighted by Crippen LogP contribution is -2.28. The van der Waals surface area contributed by atoms with Crippen molar-refractivity contribution in [2.45, 2.75) is 10.8 Å². The van der Waals surface area contributed by atoms with E-state index in [1.807, 2.05) is 0 Å². The van der Waals surface area contributed by atoms with Gasteiger partial charge in [0.25, 0.3) is 0 Å². The van der Waals surface area contributed by atoms with Crippen LogP contribution in [0.4, 0.5) is 17.1 Å². The molecule has 82 heavy (non-hydrogen) atoms. The number of rotatable bonds is 8. The Balaban J connectivity index is 1.00. The summed E-state index contributed by atoms with van der Waals surface area (Å²) in [5.74, 6) is 0. The summed E-state index contributed by atoms with van der Waals surface area (Å²) in [5, 5.41) is 7.87. The number of fused-ring (bicyclic) bond motifs is 16. The summed E-state index contributed by atoms with van der Waals surface area (Å²) in [6.07, 6.45) is 0. The molecule has 17 rings (SSSR count). The van der Waals surface area contributed by atoms with E-state index in [-0.39, 0.29) is 0 Å². The molecule has 3 heteroatoms. The van der Waals surface area contributed by atoms with Gasteiger partial charge in [-0.1, -0.05) is 273 Å². The minimum Gasteiger partial charge on any atom is -0.310 e. The SMILES string of the molecule is c1ccc(-c2nn3c(-c4ccccc4)cc4c(N(c5ccc6c(c5)C(c5ccccc5)(c5ccccc5)c5ccccc5-6)c5ccc6c(c5)C5(c7ccccc7-c7ccccc75)c5ccccc5-6)cccc4c3c2-c2ccccc2)cc1. The molecule has 0 fully saturated rings. The molecule has 0 amide bonds. The van der Waals surface area contributed by atoms with E-state index >= 15 is 0 Å². The molecule has 3 aliphatic rings. The first kappa shape index (κ1) is 46.3. The highest BCUT2D eigenvalue weighted by Gasteiger charge is 2.52. The van der Waals surface area contributed by atoms with Crippen molar-refractivity contribution in [3.8, 4) is 67.0 Å². The molecule has 3 nitrogen and oxygen atoms in total. The van der Waals surface area contributed by atoms with E-state index in [4.69, 9.17) is 5.10 Å². The van der Waals surface area contributed by atoms with Crippen molar-refractivity contribution in [2.24, 2.45) is 0 Å². The third kappa shape index (κ3) is 6.39. The smallest absolute Gasteiger partial charge is 0.101 e. The van der Waals surface area contributed by atoms with Gasteiger partial charge in [-0.15, -0.1) is 0 Å². The Kier molecular flexibility index (Phi) is 10.1. The Morgan fingerprint density at radius 1 is 0.293 bits per heavy atom. The number of benzene rings is 12. The summed E-state index contributed by atoms with van der Waals surface area (Å²) in [5.41, 5.74) is 27.2. The van der Waals surface area contributed by atoms with Crippen LogP contribution in [-0.4, -0.2) is 9.61 Å². The van der Waals surface area contributed by atoms with Gasteiger partial charge >= 0.3 is 0 Å². The lowest BCUT2D eigenvalue weighted by atomic mass is 9.67. The maximum Gasteiger partial charge on any atom is 0.101 e. The second kappa shape index (κ2) is 18.0. The molecule has 0 N–H and O–H groups in total. The number of anilines is 3. The van der Waals surface area contributed by atoms with E-state index in [1.54, 1.807) is 0 Å². The molecule has 0 saturated heterocycles. The molecule has 1 spiro atoms. The second-order valence-corrected chi connectivity index (χ2v) is 22.1. The highest BCUT2D eigenvalue weighted by molar-refractivity contribution is 6.13. The van der Waals surface area contributed by atoms with Gasteiger partial charge in [0.15, 0.2) is 0 Å². The van der Waals surface area contributed by atoms with Gasteiger partial charge in [-0.25, -0.2) is 4.52 Å². The molecule has 2 heterocycles. The Morgan fingerprint density at radius 3 is 1.20 bits per heavy atom. The maximum absolute atomic E-state index is 5.65. The van der Waals surface area contributed by atoms with Crippen molar-refractivity contribution in [1.29, 1.82) is 0 Å².